The molecule has 0 unspecified atom stereocenters. The first-order chi connectivity index (χ1) is 9.13. The number of hydrogen-bond acceptors (Lipinski definition) is 4. The van der Waals surface area contributed by atoms with E-state index in [1.165, 1.54) is 4.88 Å². The fourth-order valence-corrected chi connectivity index (χ4v) is 2.58. The molecule has 1 aromatic heterocycles. The van der Waals surface area contributed by atoms with Crippen molar-refractivity contribution in [2.75, 3.05) is 33.8 Å². The highest BCUT2D eigenvalue weighted by Crippen LogP contribution is 2.11. The van der Waals surface area contributed by atoms with Crippen LogP contribution in [-0.2, 0) is 11.3 Å². The lowest BCUT2D eigenvalue weighted by Gasteiger charge is -2.21. The van der Waals surface area contributed by atoms with E-state index in [-0.39, 0.29) is 12.5 Å². The minimum absolute atomic E-state index is 0.151. The van der Waals surface area contributed by atoms with Gasteiger partial charge in [0.2, 0.25) is 5.91 Å². The van der Waals surface area contributed by atoms with Gasteiger partial charge in [0.25, 0.3) is 0 Å². The molecule has 0 bridgehead atoms. The molecule has 0 aromatic carbocycles. The average molecular weight is 284 g/mol. The van der Waals surface area contributed by atoms with Crippen molar-refractivity contribution < 1.29 is 9.90 Å². The van der Waals surface area contributed by atoms with Crippen LogP contribution in [0.25, 0.3) is 0 Å². The highest BCUT2D eigenvalue weighted by atomic mass is 32.1. The van der Waals surface area contributed by atoms with E-state index in [1.807, 2.05) is 36.5 Å². The molecule has 5 heteroatoms. The molecule has 0 aliphatic rings. The van der Waals surface area contributed by atoms with Gasteiger partial charge in [-0.15, -0.1) is 11.3 Å². The number of carbonyl (C=O) groups excluding carboxylic acids is 1. The molecular weight excluding hydrogens is 260 g/mol. The quantitative estimate of drug-likeness (QED) is 0.703. The van der Waals surface area contributed by atoms with E-state index < -0.39 is 0 Å². The van der Waals surface area contributed by atoms with Gasteiger partial charge in [-0.05, 0) is 44.3 Å². The molecule has 1 amide bonds. The molecule has 1 rings (SSSR count). The van der Waals surface area contributed by atoms with Gasteiger partial charge in [0.05, 0.1) is 13.1 Å². The predicted molar refractivity (Wildman–Crippen MR) is 79.2 cm³/mol. The van der Waals surface area contributed by atoms with Gasteiger partial charge in [-0.1, -0.05) is 6.07 Å². The highest BCUT2D eigenvalue weighted by molar-refractivity contribution is 7.09. The van der Waals surface area contributed by atoms with Crippen LogP contribution in [0.15, 0.2) is 17.5 Å². The van der Waals surface area contributed by atoms with Crippen LogP contribution < -0.4 is 0 Å². The monoisotopic (exact) mass is 284 g/mol. The van der Waals surface area contributed by atoms with E-state index in [2.05, 4.69) is 0 Å². The molecule has 4 nitrogen and oxygen atoms in total. The number of aliphatic hydroxyl groups excluding tert-OH is 1. The second kappa shape index (κ2) is 9.07. The Labute approximate surface area is 119 Å². The summed E-state index contributed by atoms with van der Waals surface area (Å²) in [5.41, 5.74) is 0. The summed E-state index contributed by atoms with van der Waals surface area (Å²) in [6, 6.07) is 4.05. The van der Waals surface area contributed by atoms with Crippen LogP contribution in [0, 0.1) is 0 Å². The third kappa shape index (κ3) is 6.71. The molecule has 1 heterocycles. The van der Waals surface area contributed by atoms with Crippen molar-refractivity contribution >= 4 is 17.2 Å². The highest BCUT2D eigenvalue weighted by Gasteiger charge is 2.12. The SMILES string of the molecule is CN(CCCCCO)CC(=O)N(C)Cc1cccs1. The molecule has 0 aliphatic heterocycles. The van der Waals surface area contributed by atoms with Gasteiger partial charge in [0, 0.05) is 18.5 Å². The zero-order valence-corrected chi connectivity index (χ0v) is 12.7. The summed E-state index contributed by atoms with van der Waals surface area (Å²) in [6.07, 6.45) is 2.89. The summed E-state index contributed by atoms with van der Waals surface area (Å²) >= 11 is 1.68. The molecule has 0 aliphatic carbocycles. The summed E-state index contributed by atoms with van der Waals surface area (Å²) in [5, 5.41) is 10.7. The minimum Gasteiger partial charge on any atom is -0.396 e. The van der Waals surface area contributed by atoms with Crippen LogP contribution >= 0.6 is 11.3 Å². The van der Waals surface area contributed by atoms with Crippen molar-refractivity contribution in [3.8, 4) is 0 Å². The van der Waals surface area contributed by atoms with E-state index >= 15 is 0 Å². The van der Waals surface area contributed by atoms with Gasteiger partial charge in [0.1, 0.15) is 0 Å². The van der Waals surface area contributed by atoms with Crippen molar-refractivity contribution in [2.45, 2.75) is 25.8 Å². The summed E-state index contributed by atoms with van der Waals surface area (Å²) in [4.78, 5) is 17.0. The number of carbonyl (C=O) groups is 1. The molecule has 1 aromatic rings. The van der Waals surface area contributed by atoms with Gasteiger partial charge in [-0.25, -0.2) is 0 Å². The van der Waals surface area contributed by atoms with E-state index in [9.17, 15) is 4.79 Å². The smallest absolute Gasteiger partial charge is 0.236 e. The minimum atomic E-state index is 0.151. The van der Waals surface area contributed by atoms with Crippen molar-refractivity contribution in [1.82, 2.24) is 9.80 Å². The molecular formula is C14H24N2O2S. The van der Waals surface area contributed by atoms with Crippen LogP contribution in [0.3, 0.4) is 0 Å². The Bertz CT molecular complexity index is 354. The fraction of sp³-hybridized carbons (Fsp3) is 0.643. The Morgan fingerprint density at radius 1 is 1.32 bits per heavy atom. The zero-order valence-electron chi connectivity index (χ0n) is 11.8. The Morgan fingerprint density at radius 2 is 2.11 bits per heavy atom. The summed E-state index contributed by atoms with van der Waals surface area (Å²) in [5.74, 6) is 0.151. The Hall–Kier alpha value is -0.910. The van der Waals surface area contributed by atoms with Crippen LogP contribution in [0.2, 0.25) is 0 Å². The van der Waals surface area contributed by atoms with Crippen LogP contribution in [0.5, 0.6) is 0 Å². The largest absolute Gasteiger partial charge is 0.396 e. The molecule has 0 radical (unpaired) electrons. The summed E-state index contributed by atoms with van der Waals surface area (Å²) in [7, 11) is 3.82. The second-order valence-corrected chi connectivity index (χ2v) is 5.88. The maximum atomic E-state index is 12.0. The van der Waals surface area contributed by atoms with E-state index in [0.717, 1.165) is 25.8 Å². The molecule has 0 atom stereocenters. The summed E-state index contributed by atoms with van der Waals surface area (Å²) < 4.78 is 0. The first kappa shape index (κ1) is 16.1. The molecule has 0 saturated carbocycles. The van der Waals surface area contributed by atoms with Crippen LogP contribution in [0.4, 0.5) is 0 Å². The fourth-order valence-electron chi connectivity index (χ4n) is 1.83. The number of aliphatic hydroxyl groups is 1. The first-order valence-corrected chi connectivity index (χ1v) is 7.57. The number of unbranched alkanes of at least 4 members (excludes halogenated alkanes) is 2. The topological polar surface area (TPSA) is 43.8 Å². The second-order valence-electron chi connectivity index (χ2n) is 4.85. The number of hydrogen-bond donors (Lipinski definition) is 1. The third-order valence-electron chi connectivity index (χ3n) is 3.00. The number of amides is 1. The maximum absolute atomic E-state index is 12.0. The van der Waals surface area contributed by atoms with E-state index in [4.69, 9.17) is 5.11 Å². The van der Waals surface area contributed by atoms with Gasteiger partial charge in [-0.3, -0.25) is 9.69 Å². The molecule has 1 N–H and O–H groups in total. The number of rotatable bonds is 9. The van der Waals surface area contributed by atoms with E-state index in [1.54, 1.807) is 16.2 Å². The standard InChI is InChI=1S/C14H24N2O2S/c1-15(8-4-3-5-9-17)12-14(18)16(2)11-13-7-6-10-19-13/h6-7,10,17H,3-5,8-9,11-12H2,1-2H3. The lowest BCUT2D eigenvalue weighted by Crippen LogP contribution is -2.36. The van der Waals surface area contributed by atoms with Gasteiger partial charge in [-0.2, -0.15) is 0 Å². The van der Waals surface area contributed by atoms with Crippen molar-refractivity contribution in [3.63, 3.8) is 0 Å². The molecule has 19 heavy (non-hydrogen) atoms. The zero-order chi connectivity index (χ0) is 14.1. The number of nitrogens with zero attached hydrogens (tertiary/aromatic N) is 2. The lowest BCUT2D eigenvalue weighted by atomic mass is 10.2. The Balaban J connectivity index is 2.21. The van der Waals surface area contributed by atoms with Crippen LogP contribution in [-0.4, -0.2) is 54.6 Å². The molecule has 108 valence electrons. The van der Waals surface area contributed by atoms with Gasteiger partial charge in [0.15, 0.2) is 0 Å². The van der Waals surface area contributed by atoms with Gasteiger partial charge < -0.3 is 10.0 Å². The van der Waals surface area contributed by atoms with Crippen molar-refractivity contribution in [3.05, 3.63) is 22.4 Å². The Kier molecular flexibility index (Phi) is 7.70. The van der Waals surface area contributed by atoms with Crippen molar-refractivity contribution in [2.24, 2.45) is 0 Å². The number of likely N-dealkylation sites (N-methyl/N-ethyl adjacent to an activating group) is 2. The van der Waals surface area contributed by atoms with E-state index in [0.29, 0.717) is 13.1 Å². The third-order valence-corrected chi connectivity index (χ3v) is 3.86. The van der Waals surface area contributed by atoms with Crippen LogP contribution in [0.1, 0.15) is 24.1 Å². The number of thiophene rings is 1. The molecule has 0 fully saturated rings. The molecule has 0 saturated heterocycles. The lowest BCUT2D eigenvalue weighted by molar-refractivity contribution is -0.131. The normalized spacial score (nSPS) is 10.9. The average Bonchev–Trinajstić information content (AvgIpc) is 2.87. The van der Waals surface area contributed by atoms with Crippen molar-refractivity contribution in [1.29, 1.82) is 0 Å². The summed E-state index contributed by atoms with van der Waals surface area (Å²) in [6.45, 7) is 2.31. The first-order valence-electron chi connectivity index (χ1n) is 6.69. The predicted octanol–water partition coefficient (Wildman–Crippen LogP) is 1.80. The maximum Gasteiger partial charge on any atom is 0.236 e. The van der Waals surface area contributed by atoms with Gasteiger partial charge >= 0.3 is 0 Å². The molecule has 0 spiro atoms. The Morgan fingerprint density at radius 3 is 2.74 bits per heavy atom.